The number of hydrogen-bond donors (Lipinski definition) is 0. The molecule has 0 spiro atoms. The van der Waals surface area contributed by atoms with Crippen LogP contribution < -0.4 is 4.90 Å². The first-order chi connectivity index (χ1) is 7.72. The minimum Gasteiger partial charge on any atom is -0.312 e. The van der Waals surface area contributed by atoms with Crippen molar-refractivity contribution in [2.75, 3.05) is 23.1 Å². The van der Waals surface area contributed by atoms with Crippen LogP contribution in [-0.4, -0.2) is 24.1 Å². The van der Waals surface area contributed by atoms with Gasteiger partial charge in [0.05, 0.1) is 0 Å². The summed E-state index contributed by atoms with van der Waals surface area (Å²) in [5, 5.41) is 0. The fraction of sp³-hybridized carbons (Fsp3) is 0.417. The van der Waals surface area contributed by atoms with Crippen molar-refractivity contribution in [3.05, 3.63) is 23.8 Å². The lowest BCUT2D eigenvalue weighted by molar-refractivity contribution is -0.116. The number of anilines is 1. The number of benzene rings is 1. The highest BCUT2D eigenvalue weighted by Gasteiger charge is 2.21. The predicted molar refractivity (Wildman–Crippen MR) is 69.6 cm³/mol. The van der Waals surface area contributed by atoms with Crippen molar-refractivity contribution in [1.82, 2.24) is 0 Å². The highest BCUT2D eigenvalue weighted by molar-refractivity contribution is 7.99. The Bertz CT molecular complexity index is 408. The second-order valence-corrected chi connectivity index (χ2v) is 5.29. The van der Waals surface area contributed by atoms with E-state index in [4.69, 9.17) is 11.6 Å². The maximum absolute atomic E-state index is 11.4. The second kappa shape index (κ2) is 5.11. The molecule has 4 heteroatoms. The van der Waals surface area contributed by atoms with E-state index in [1.165, 1.54) is 10.5 Å². The SMILES string of the molecule is CC(=O)N1CCc2cc(SCCCl)ccc21. The van der Waals surface area contributed by atoms with Crippen LogP contribution in [0.25, 0.3) is 0 Å². The van der Waals surface area contributed by atoms with E-state index in [2.05, 4.69) is 12.1 Å². The molecular formula is C12H14ClNOS. The lowest BCUT2D eigenvalue weighted by atomic mass is 10.2. The van der Waals surface area contributed by atoms with Crippen molar-refractivity contribution in [1.29, 1.82) is 0 Å². The molecule has 1 aliphatic heterocycles. The van der Waals surface area contributed by atoms with E-state index in [-0.39, 0.29) is 5.91 Å². The van der Waals surface area contributed by atoms with Crippen molar-refractivity contribution < 1.29 is 4.79 Å². The fourth-order valence-electron chi connectivity index (χ4n) is 1.95. The van der Waals surface area contributed by atoms with Gasteiger partial charge in [-0.3, -0.25) is 4.79 Å². The average molecular weight is 256 g/mol. The Balaban J connectivity index is 2.19. The third-order valence-electron chi connectivity index (χ3n) is 2.67. The highest BCUT2D eigenvalue weighted by Crippen LogP contribution is 2.31. The van der Waals surface area contributed by atoms with Gasteiger partial charge < -0.3 is 4.90 Å². The van der Waals surface area contributed by atoms with E-state index in [0.29, 0.717) is 5.88 Å². The first-order valence-electron chi connectivity index (χ1n) is 5.32. The molecule has 2 nitrogen and oxygen atoms in total. The van der Waals surface area contributed by atoms with Gasteiger partial charge in [-0.1, -0.05) is 0 Å². The molecule has 0 fully saturated rings. The number of carbonyl (C=O) groups is 1. The van der Waals surface area contributed by atoms with Crippen LogP contribution in [-0.2, 0) is 11.2 Å². The van der Waals surface area contributed by atoms with Gasteiger partial charge in [0.2, 0.25) is 5.91 Å². The van der Waals surface area contributed by atoms with Crippen molar-refractivity contribution >= 4 is 35.0 Å². The van der Waals surface area contributed by atoms with Crippen LogP contribution in [0.1, 0.15) is 12.5 Å². The minimum atomic E-state index is 0.125. The number of rotatable bonds is 3. The zero-order chi connectivity index (χ0) is 11.5. The van der Waals surface area contributed by atoms with E-state index in [9.17, 15) is 4.79 Å². The number of carbonyl (C=O) groups excluding carboxylic acids is 1. The van der Waals surface area contributed by atoms with Crippen LogP contribution in [0.15, 0.2) is 23.1 Å². The lowest BCUT2D eigenvalue weighted by Gasteiger charge is -2.14. The molecule has 0 atom stereocenters. The van der Waals surface area contributed by atoms with Crippen LogP contribution in [0.5, 0.6) is 0 Å². The Morgan fingerprint density at radius 3 is 3.06 bits per heavy atom. The summed E-state index contributed by atoms with van der Waals surface area (Å²) < 4.78 is 0. The molecule has 1 aromatic rings. The van der Waals surface area contributed by atoms with Crippen molar-refractivity contribution in [2.24, 2.45) is 0 Å². The second-order valence-electron chi connectivity index (χ2n) is 3.75. The van der Waals surface area contributed by atoms with E-state index in [1.54, 1.807) is 18.7 Å². The molecular weight excluding hydrogens is 242 g/mol. The van der Waals surface area contributed by atoms with Crippen LogP contribution in [0.3, 0.4) is 0 Å². The molecule has 0 N–H and O–H groups in total. The van der Waals surface area contributed by atoms with Gasteiger partial charge in [-0.05, 0) is 30.2 Å². The molecule has 0 unspecified atom stereocenters. The normalized spacial score (nSPS) is 14.0. The van der Waals surface area contributed by atoms with E-state index < -0.39 is 0 Å². The standard InChI is InChI=1S/C12H14ClNOS/c1-9(15)14-6-4-10-8-11(16-7-5-13)2-3-12(10)14/h2-3,8H,4-7H2,1H3. The summed E-state index contributed by atoms with van der Waals surface area (Å²) in [6.45, 7) is 2.43. The van der Waals surface area contributed by atoms with Gasteiger partial charge in [-0.2, -0.15) is 0 Å². The van der Waals surface area contributed by atoms with Crippen LogP contribution in [0, 0.1) is 0 Å². The summed E-state index contributed by atoms with van der Waals surface area (Å²) in [4.78, 5) is 14.4. The van der Waals surface area contributed by atoms with Gasteiger partial charge in [0, 0.05) is 35.7 Å². The zero-order valence-corrected chi connectivity index (χ0v) is 10.8. The Morgan fingerprint density at radius 2 is 2.38 bits per heavy atom. The highest BCUT2D eigenvalue weighted by atomic mass is 35.5. The summed E-state index contributed by atoms with van der Waals surface area (Å²) in [6, 6.07) is 6.28. The number of alkyl halides is 1. The van der Waals surface area contributed by atoms with Crippen molar-refractivity contribution in [2.45, 2.75) is 18.2 Å². The molecule has 0 aromatic heterocycles. The topological polar surface area (TPSA) is 20.3 Å². The zero-order valence-electron chi connectivity index (χ0n) is 9.20. The summed E-state index contributed by atoms with van der Waals surface area (Å²) in [7, 11) is 0. The van der Waals surface area contributed by atoms with E-state index in [0.717, 1.165) is 24.4 Å². The summed E-state index contributed by atoms with van der Waals surface area (Å²) in [5.41, 5.74) is 2.34. The smallest absolute Gasteiger partial charge is 0.223 e. The first kappa shape index (κ1) is 11.8. The molecule has 0 radical (unpaired) electrons. The number of halogens is 1. The molecule has 1 heterocycles. The summed E-state index contributed by atoms with van der Waals surface area (Å²) in [5.74, 6) is 1.72. The van der Waals surface area contributed by atoms with Crippen LogP contribution in [0.2, 0.25) is 0 Å². The van der Waals surface area contributed by atoms with Gasteiger partial charge in [-0.25, -0.2) is 0 Å². The number of thioether (sulfide) groups is 1. The quantitative estimate of drug-likeness (QED) is 0.612. The molecule has 86 valence electrons. The third-order valence-corrected chi connectivity index (χ3v) is 4.08. The Morgan fingerprint density at radius 1 is 1.56 bits per heavy atom. The number of hydrogen-bond acceptors (Lipinski definition) is 2. The molecule has 1 aromatic carbocycles. The molecule has 0 bridgehead atoms. The van der Waals surface area contributed by atoms with E-state index >= 15 is 0 Å². The van der Waals surface area contributed by atoms with Gasteiger partial charge in [-0.15, -0.1) is 23.4 Å². The maximum Gasteiger partial charge on any atom is 0.223 e. The van der Waals surface area contributed by atoms with Crippen molar-refractivity contribution in [3.8, 4) is 0 Å². The van der Waals surface area contributed by atoms with Gasteiger partial charge in [0.1, 0.15) is 0 Å². The first-order valence-corrected chi connectivity index (χ1v) is 6.84. The average Bonchev–Trinajstić information content (AvgIpc) is 2.69. The minimum absolute atomic E-state index is 0.125. The summed E-state index contributed by atoms with van der Waals surface area (Å²) in [6.07, 6.45) is 0.962. The Labute approximate surface area is 105 Å². The van der Waals surface area contributed by atoms with Gasteiger partial charge in [0.25, 0.3) is 0 Å². The van der Waals surface area contributed by atoms with Gasteiger partial charge >= 0.3 is 0 Å². The van der Waals surface area contributed by atoms with E-state index in [1.807, 2.05) is 11.0 Å². The van der Waals surface area contributed by atoms with Crippen LogP contribution in [0.4, 0.5) is 5.69 Å². The van der Waals surface area contributed by atoms with Gasteiger partial charge in [0.15, 0.2) is 0 Å². The van der Waals surface area contributed by atoms with Crippen molar-refractivity contribution in [3.63, 3.8) is 0 Å². The largest absolute Gasteiger partial charge is 0.312 e. The molecule has 1 amide bonds. The predicted octanol–water partition coefficient (Wildman–Crippen LogP) is 2.93. The molecule has 0 aliphatic carbocycles. The molecule has 0 saturated heterocycles. The summed E-state index contributed by atoms with van der Waals surface area (Å²) >= 11 is 7.42. The number of nitrogens with zero attached hydrogens (tertiary/aromatic N) is 1. The Hall–Kier alpha value is -0.670. The monoisotopic (exact) mass is 255 g/mol. The molecule has 2 rings (SSSR count). The molecule has 16 heavy (non-hydrogen) atoms. The molecule has 1 aliphatic rings. The maximum atomic E-state index is 11.4. The Kier molecular flexibility index (Phi) is 3.77. The number of fused-ring (bicyclic) bond motifs is 1. The van der Waals surface area contributed by atoms with Crippen LogP contribution >= 0.6 is 23.4 Å². The molecule has 0 saturated carbocycles. The fourth-order valence-corrected chi connectivity index (χ4v) is 2.89. The lowest BCUT2D eigenvalue weighted by Crippen LogP contribution is -2.25. The third kappa shape index (κ3) is 2.36. The number of amides is 1.